The molecule has 1 heterocycles. The molecule has 3 aromatic rings. The van der Waals surface area contributed by atoms with Crippen LogP contribution in [0.4, 0.5) is 5.69 Å². The monoisotopic (exact) mass is 390 g/mol. The lowest BCUT2D eigenvalue weighted by molar-refractivity contribution is -0.128. The van der Waals surface area contributed by atoms with E-state index in [9.17, 15) is 4.79 Å². The standard InChI is InChI=1S/C18H16Cl2N4O2/c1-18(2,26-14-6-3-12(19)4-7-14)17(25)23-15-9-13(20)5-8-16(15)24-11-21-10-22-24/h3-11H,1-2H3,(H,23,25). The second-order valence-electron chi connectivity index (χ2n) is 6.02. The SMILES string of the molecule is CC(C)(Oc1ccc(Cl)cc1)C(=O)Nc1cc(Cl)ccc1-n1cncn1. The average molecular weight is 391 g/mol. The molecule has 26 heavy (non-hydrogen) atoms. The van der Waals surface area contributed by atoms with Crippen LogP contribution in [0.1, 0.15) is 13.8 Å². The molecule has 134 valence electrons. The van der Waals surface area contributed by atoms with Crippen LogP contribution in [0.25, 0.3) is 5.69 Å². The van der Waals surface area contributed by atoms with Crippen LogP contribution in [0, 0.1) is 0 Å². The maximum Gasteiger partial charge on any atom is 0.268 e. The van der Waals surface area contributed by atoms with Crippen molar-refractivity contribution in [2.24, 2.45) is 0 Å². The van der Waals surface area contributed by atoms with Crippen molar-refractivity contribution in [1.29, 1.82) is 0 Å². The van der Waals surface area contributed by atoms with Gasteiger partial charge < -0.3 is 10.1 Å². The zero-order valence-electron chi connectivity index (χ0n) is 14.1. The molecule has 0 bridgehead atoms. The summed E-state index contributed by atoms with van der Waals surface area (Å²) in [5, 5.41) is 8.02. The van der Waals surface area contributed by atoms with Crippen molar-refractivity contribution in [1.82, 2.24) is 14.8 Å². The summed E-state index contributed by atoms with van der Waals surface area (Å²) in [6.07, 6.45) is 2.95. The molecule has 0 saturated carbocycles. The second kappa shape index (κ2) is 7.35. The molecule has 0 radical (unpaired) electrons. The molecule has 6 nitrogen and oxygen atoms in total. The van der Waals surface area contributed by atoms with Gasteiger partial charge in [-0.3, -0.25) is 4.79 Å². The van der Waals surface area contributed by atoms with Crippen LogP contribution in [0.5, 0.6) is 5.75 Å². The number of anilines is 1. The molecular weight excluding hydrogens is 375 g/mol. The van der Waals surface area contributed by atoms with Crippen molar-refractivity contribution in [3.05, 3.63) is 65.2 Å². The van der Waals surface area contributed by atoms with Crippen LogP contribution >= 0.6 is 23.2 Å². The quantitative estimate of drug-likeness (QED) is 0.701. The Morgan fingerprint density at radius 1 is 1.12 bits per heavy atom. The Bertz CT molecular complexity index is 909. The zero-order chi connectivity index (χ0) is 18.7. The van der Waals surface area contributed by atoms with Gasteiger partial charge in [-0.15, -0.1) is 0 Å². The molecule has 0 aliphatic carbocycles. The molecule has 0 saturated heterocycles. The molecule has 0 unspecified atom stereocenters. The molecule has 0 atom stereocenters. The summed E-state index contributed by atoms with van der Waals surface area (Å²) >= 11 is 12.0. The van der Waals surface area contributed by atoms with Crippen molar-refractivity contribution < 1.29 is 9.53 Å². The van der Waals surface area contributed by atoms with E-state index in [0.29, 0.717) is 27.2 Å². The first-order valence-electron chi connectivity index (χ1n) is 7.76. The Kier molecular flexibility index (Phi) is 5.15. The molecule has 1 amide bonds. The van der Waals surface area contributed by atoms with Gasteiger partial charge in [-0.25, -0.2) is 9.67 Å². The van der Waals surface area contributed by atoms with E-state index in [2.05, 4.69) is 15.4 Å². The summed E-state index contributed by atoms with van der Waals surface area (Å²) in [6.45, 7) is 3.35. The third-order valence-corrected chi connectivity index (χ3v) is 4.09. The molecule has 3 rings (SSSR count). The molecule has 1 aromatic heterocycles. The summed E-state index contributed by atoms with van der Waals surface area (Å²) in [5.41, 5.74) is 0.0128. The highest BCUT2D eigenvalue weighted by atomic mass is 35.5. The Morgan fingerprint density at radius 2 is 1.81 bits per heavy atom. The number of hydrogen-bond acceptors (Lipinski definition) is 4. The second-order valence-corrected chi connectivity index (χ2v) is 6.89. The number of benzene rings is 2. The van der Waals surface area contributed by atoms with Crippen LogP contribution in [-0.4, -0.2) is 26.3 Å². The van der Waals surface area contributed by atoms with Crippen LogP contribution in [0.15, 0.2) is 55.1 Å². The van der Waals surface area contributed by atoms with Gasteiger partial charge in [0.15, 0.2) is 5.60 Å². The number of nitrogens with one attached hydrogen (secondary N) is 1. The van der Waals surface area contributed by atoms with Gasteiger partial charge in [0.25, 0.3) is 5.91 Å². The Balaban J connectivity index is 1.82. The lowest BCUT2D eigenvalue weighted by Crippen LogP contribution is -2.42. The van der Waals surface area contributed by atoms with E-state index in [4.69, 9.17) is 27.9 Å². The zero-order valence-corrected chi connectivity index (χ0v) is 15.6. The fourth-order valence-corrected chi connectivity index (χ4v) is 2.56. The average Bonchev–Trinajstić information content (AvgIpc) is 3.11. The summed E-state index contributed by atoms with van der Waals surface area (Å²) in [7, 11) is 0. The smallest absolute Gasteiger partial charge is 0.268 e. The number of carbonyl (C=O) groups is 1. The van der Waals surface area contributed by atoms with E-state index < -0.39 is 5.60 Å². The Morgan fingerprint density at radius 3 is 2.46 bits per heavy atom. The topological polar surface area (TPSA) is 69.0 Å². The predicted molar refractivity (Wildman–Crippen MR) is 101 cm³/mol. The number of rotatable bonds is 5. The summed E-state index contributed by atoms with van der Waals surface area (Å²) < 4.78 is 7.35. The summed E-state index contributed by atoms with van der Waals surface area (Å²) in [5.74, 6) is 0.202. The molecule has 1 N–H and O–H groups in total. The number of nitrogens with zero attached hydrogens (tertiary/aromatic N) is 3. The molecule has 8 heteroatoms. The fraction of sp³-hybridized carbons (Fsp3) is 0.167. The Hall–Kier alpha value is -2.57. The molecule has 0 spiro atoms. The lowest BCUT2D eigenvalue weighted by Gasteiger charge is -2.26. The van der Waals surface area contributed by atoms with Crippen molar-refractivity contribution in [3.8, 4) is 11.4 Å². The van der Waals surface area contributed by atoms with Crippen molar-refractivity contribution in [2.75, 3.05) is 5.32 Å². The van der Waals surface area contributed by atoms with Gasteiger partial charge >= 0.3 is 0 Å². The van der Waals surface area contributed by atoms with E-state index >= 15 is 0 Å². The largest absolute Gasteiger partial charge is 0.478 e. The van der Waals surface area contributed by atoms with Crippen molar-refractivity contribution in [3.63, 3.8) is 0 Å². The van der Waals surface area contributed by atoms with E-state index in [1.807, 2.05) is 0 Å². The van der Waals surface area contributed by atoms with Crippen molar-refractivity contribution >= 4 is 34.8 Å². The van der Waals surface area contributed by atoms with Gasteiger partial charge in [0.1, 0.15) is 18.4 Å². The first-order chi connectivity index (χ1) is 12.3. The van der Waals surface area contributed by atoms with Gasteiger partial charge in [0.05, 0.1) is 11.4 Å². The van der Waals surface area contributed by atoms with Gasteiger partial charge in [0.2, 0.25) is 0 Å². The minimum atomic E-state index is -1.13. The molecular formula is C18H16Cl2N4O2. The summed E-state index contributed by atoms with van der Waals surface area (Å²) in [4.78, 5) is 16.7. The number of aromatic nitrogens is 3. The maximum absolute atomic E-state index is 12.8. The normalized spacial score (nSPS) is 11.2. The number of amides is 1. The van der Waals surface area contributed by atoms with E-state index in [1.165, 1.54) is 12.7 Å². The first kappa shape index (κ1) is 18.2. The molecule has 0 aliphatic rings. The summed E-state index contributed by atoms with van der Waals surface area (Å²) in [6, 6.07) is 11.9. The number of carbonyl (C=O) groups excluding carboxylic acids is 1. The molecule has 0 fully saturated rings. The number of ether oxygens (including phenoxy) is 1. The lowest BCUT2D eigenvalue weighted by atomic mass is 10.1. The highest BCUT2D eigenvalue weighted by Gasteiger charge is 2.30. The van der Waals surface area contributed by atoms with Crippen molar-refractivity contribution in [2.45, 2.75) is 19.4 Å². The van der Waals surface area contributed by atoms with E-state index in [0.717, 1.165) is 0 Å². The Labute approximate surface area is 160 Å². The van der Waals surface area contributed by atoms with Gasteiger partial charge in [-0.2, -0.15) is 5.10 Å². The minimum Gasteiger partial charge on any atom is -0.478 e. The highest BCUT2D eigenvalue weighted by Crippen LogP contribution is 2.26. The van der Waals surface area contributed by atoms with E-state index in [-0.39, 0.29) is 5.91 Å². The van der Waals surface area contributed by atoms with E-state index in [1.54, 1.807) is 61.0 Å². The third kappa shape index (κ3) is 4.15. The first-order valence-corrected chi connectivity index (χ1v) is 8.51. The highest BCUT2D eigenvalue weighted by molar-refractivity contribution is 6.31. The molecule has 2 aromatic carbocycles. The minimum absolute atomic E-state index is 0.337. The number of halogens is 2. The van der Waals surface area contributed by atoms with Gasteiger partial charge in [0, 0.05) is 10.0 Å². The van der Waals surface area contributed by atoms with Crippen LogP contribution in [-0.2, 0) is 4.79 Å². The third-order valence-electron chi connectivity index (χ3n) is 3.61. The number of hydrogen-bond donors (Lipinski definition) is 1. The fourth-order valence-electron chi connectivity index (χ4n) is 2.26. The van der Waals surface area contributed by atoms with Crippen LogP contribution < -0.4 is 10.1 Å². The van der Waals surface area contributed by atoms with Gasteiger partial charge in [-0.05, 0) is 56.3 Å². The van der Waals surface area contributed by atoms with Gasteiger partial charge in [-0.1, -0.05) is 23.2 Å². The molecule has 0 aliphatic heterocycles. The van der Waals surface area contributed by atoms with Crippen LogP contribution in [0.2, 0.25) is 10.0 Å². The van der Waals surface area contributed by atoms with Crippen LogP contribution in [0.3, 0.4) is 0 Å². The predicted octanol–water partition coefficient (Wildman–Crippen LogP) is 4.37. The maximum atomic E-state index is 12.8.